The number of carbonyl (C=O) groups is 7. The summed E-state index contributed by atoms with van der Waals surface area (Å²) in [6.45, 7) is 21.2. The second-order valence-corrected chi connectivity index (χ2v) is 45.7. The molecule has 8 heterocycles. The fraction of sp³-hybridized carbons (Fsp3) is 0.261. The maximum atomic E-state index is 14.3. The summed E-state index contributed by atoms with van der Waals surface area (Å²) in [6, 6.07) is 79.9. The maximum Gasteiger partial charge on any atom is 0.263 e. The number of anilines is 3. The van der Waals surface area contributed by atoms with Gasteiger partial charge in [0.25, 0.3) is 38.7 Å². The first-order valence-electron chi connectivity index (χ1n) is 49.8. The predicted molar refractivity (Wildman–Crippen MR) is 600 cm³/mol. The van der Waals surface area contributed by atoms with Crippen LogP contribution in [0.5, 0.6) is 0 Å². The number of amides is 4. The van der Waals surface area contributed by atoms with Crippen molar-refractivity contribution in [3.63, 3.8) is 0 Å². The van der Waals surface area contributed by atoms with E-state index in [4.69, 9.17) is 19.9 Å². The maximum absolute atomic E-state index is 14.3. The molecule has 0 radical (unpaired) electrons. The molecule has 8 aliphatic rings. The normalized spacial score (nSPS) is 17.8. The lowest BCUT2D eigenvalue weighted by molar-refractivity contribution is -0.670. The summed E-state index contributed by atoms with van der Waals surface area (Å²) in [5.74, 6) is -0.0831. The van der Waals surface area contributed by atoms with Crippen molar-refractivity contribution in [2.24, 2.45) is 5.73 Å². The van der Waals surface area contributed by atoms with E-state index < -0.39 is 5.41 Å². The molecule has 5 aliphatic heterocycles. The lowest BCUT2D eigenvalue weighted by Gasteiger charge is -2.30. The fourth-order valence-electron chi connectivity index (χ4n) is 20.5. The summed E-state index contributed by atoms with van der Waals surface area (Å²) in [6.07, 6.45) is 12.0. The fourth-order valence-corrected chi connectivity index (χ4v) is 27.5. The molecule has 6 N–H and O–H groups in total. The number of Topliss-reactive ketones (excluding diaryl/α,β-unsaturated/α-hetero) is 3. The highest BCUT2D eigenvalue weighted by Gasteiger charge is 2.49. The number of aromatic nitrogens is 3. The van der Waals surface area contributed by atoms with Gasteiger partial charge in [0.1, 0.15) is 27.3 Å². The topological polar surface area (TPSA) is 282 Å². The predicted octanol–water partition coefficient (Wildman–Crippen LogP) is 19.3. The first-order valence-corrected chi connectivity index (χ1v) is 56.0. The number of para-hydroxylation sites is 4. The summed E-state index contributed by atoms with van der Waals surface area (Å²) in [7, 11) is 0. The van der Waals surface area contributed by atoms with Crippen LogP contribution in [0, 0.1) is 6.92 Å². The molecule has 149 heavy (non-hydrogen) atoms. The van der Waals surface area contributed by atoms with Crippen molar-refractivity contribution in [2.45, 2.75) is 90.9 Å². The molecule has 23 nitrogen and oxygen atoms in total. The molecule has 760 valence electrons. The van der Waals surface area contributed by atoms with E-state index in [2.05, 4.69) is 222 Å². The largest absolute Gasteiger partial charge is 0.395 e. The van der Waals surface area contributed by atoms with Crippen molar-refractivity contribution in [2.75, 3.05) is 124 Å². The van der Waals surface area contributed by atoms with Gasteiger partial charge in [-0.1, -0.05) is 243 Å². The lowest BCUT2D eigenvalue weighted by Crippen LogP contribution is -2.37. The minimum Gasteiger partial charge on any atom is -0.395 e. The summed E-state index contributed by atoms with van der Waals surface area (Å²) >= 11 is 13.1. The number of hydrogen-bond acceptors (Lipinski definition) is 24. The molecule has 21 rings (SSSR count). The number of aryl methyl sites for hydroxylation is 1. The van der Waals surface area contributed by atoms with Gasteiger partial charge in [-0.05, 0) is 126 Å². The third-order valence-electron chi connectivity index (χ3n) is 28.0. The summed E-state index contributed by atoms with van der Waals surface area (Å²) in [4.78, 5) is 106. The molecule has 3 aromatic heterocycles. The Bertz CT molecular complexity index is 7730. The van der Waals surface area contributed by atoms with E-state index in [9.17, 15) is 54.0 Å². The van der Waals surface area contributed by atoms with Crippen LogP contribution < -0.4 is 34.1 Å². The number of imide groups is 2. The summed E-state index contributed by atoms with van der Waals surface area (Å²) < 4.78 is 28.1. The van der Waals surface area contributed by atoms with Crippen LogP contribution in [0.25, 0.3) is 48.9 Å². The standard InChI is InChI=1S/C44H40N3O5S2.C39H43BrN3O4S2.C36H32N3O5S2/c1-44(2)34-16-8-9-17-35(34)47(28-29-12-4-3-5-13-29)38(44)26-32-40(49)33(27-39-45(20-22-48)36-18-10-11-19-37(36)54-39)41(32)53-25-24-52-23-21-46-42(50)30-14-6-7-15-31(30)43(46)51;1-26-9-11-33-34(21-26)49-36(43(33)25-27-7-5-4-6-8-27)24-30-37(45)29(38(30)48-20-19-46-16-13-41)23-35-39(2,3)31-22-28(40)10-12-32(31)42(35)14-17-47-18-15-44;1-36(2)26-11-5-6-12-27(26)37(15-17-40)30(36)19-24-32(42)25(20-31-38(16-18-41)28-13-7-8-14-29(28)46-31)33(24)45-21-39-34(43)22-9-3-4-10-23(22)35(39)44/h3-19,26-27,48H,20-25,28H2,1-2H3;4-12,21-24,44H,13-20,25,41H2,1-3H3;3-14,19-20,40-41H,15-18,21H2,1-2H3/q3*+1. The number of halogens is 1. The Balaban J connectivity index is 0.000000141. The molecule has 30 heteroatoms. The highest BCUT2D eigenvalue weighted by Crippen LogP contribution is 2.56. The Hall–Kier alpha value is -12.6. The molecule has 0 bridgehead atoms. The van der Waals surface area contributed by atoms with Crippen molar-refractivity contribution in [1.82, 2.24) is 9.80 Å². The van der Waals surface area contributed by atoms with Gasteiger partial charge in [-0.25, -0.2) is 0 Å². The van der Waals surface area contributed by atoms with Crippen LogP contribution in [0.15, 0.2) is 331 Å². The van der Waals surface area contributed by atoms with E-state index in [0.717, 1.165) is 106 Å². The molecule has 0 fully saturated rings. The van der Waals surface area contributed by atoms with Gasteiger partial charge in [0, 0.05) is 183 Å². The van der Waals surface area contributed by atoms with Crippen LogP contribution in [0.2, 0.25) is 0 Å². The van der Waals surface area contributed by atoms with Gasteiger partial charge in [-0.2, -0.15) is 13.7 Å². The van der Waals surface area contributed by atoms with E-state index in [-0.39, 0.29) is 104 Å². The number of nitrogens with two attached hydrogens (primary N) is 1. The number of thiazole rings is 3. The molecular weight excluding hydrogens is 2050 g/mol. The minimum atomic E-state index is -0.438. The monoisotopic (exact) mass is 2160 g/mol. The number of thioether (sulfide) groups is 3. The lowest BCUT2D eigenvalue weighted by atomic mass is 9.81. The first-order chi connectivity index (χ1) is 72.3. The number of hydrogen-bond donors (Lipinski definition) is 5. The molecule has 3 aliphatic carbocycles. The van der Waals surface area contributed by atoms with E-state index in [1.807, 2.05) is 102 Å². The Morgan fingerprint density at radius 3 is 1.28 bits per heavy atom. The number of benzene rings is 10. The quantitative estimate of drug-likeness (QED) is 0.0105. The molecule has 0 spiro atoms. The van der Waals surface area contributed by atoms with Gasteiger partial charge in [0.2, 0.25) is 16.6 Å². The zero-order chi connectivity index (χ0) is 104. The number of rotatable bonds is 37. The SMILES string of the molecule is CC1(C)C(=CC2=C(SCCOCCN3C(=O)c4ccccc4C3=O)C(=Cc3sc4ccccc4[n+]3CCO)C2=O)N(Cc2ccccc2)c2ccccc21.CC1(C)C(=CC2=C(SCN3C(=O)c4ccccc4C3=O)C(=Cc3sc4ccccc4[n+]3CCO)C2=O)N(CCO)c2ccccc21.Cc1ccc2c(c1)sc(C=C1C(=O)C(C=C3N(CCOCCO)c4ccc(Br)cc4C3(C)C)=C1SCCOCCN)[n+]2Cc1ccccc1. The van der Waals surface area contributed by atoms with Crippen molar-refractivity contribution < 1.29 is 81.9 Å². The number of carbonyl (C=O) groups excluding carboxylic acids is 7. The average Bonchev–Trinajstić information content (AvgIpc) is 1.53. The van der Waals surface area contributed by atoms with Crippen molar-refractivity contribution in [3.05, 3.63) is 401 Å². The van der Waals surface area contributed by atoms with E-state index in [1.54, 1.807) is 94.7 Å². The van der Waals surface area contributed by atoms with Crippen molar-refractivity contribution in [1.29, 1.82) is 0 Å². The van der Waals surface area contributed by atoms with Gasteiger partial charge < -0.3 is 55.1 Å². The summed E-state index contributed by atoms with van der Waals surface area (Å²) in [5.41, 5.74) is 26.3. The van der Waals surface area contributed by atoms with Gasteiger partial charge in [0.15, 0.2) is 37.0 Å². The van der Waals surface area contributed by atoms with Crippen LogP contribution in [-0.2, 0) is 71.0 Å². The van der Waals surface area contributed by atoms with Crippen molar-refractivity contribution >= 4 is 192 Å². The highest BCUT2D eigenvalue weighted by atomic mass is 79.9. The van der Waals surface area contributed by atoms with Gasteiger partial charge in [-0.15, -0.1) is 35.3 Å². The second-order valence-electron chi connectivity index (χ2n) is 38.4. The number of aliphatic hydroxyl groups excluding tert-OH is 4. The highest BCUT2D eigenvalue weighted by molar-refractivity contribution is 9.10. The van der Waals surface area contributed by atoms with Crippen LogP contribution in [0.4, 0.5) is 17.1 Å². The first kappa shape index (κ1) is 105. The van der Waals surface area contributed by atoms with Gasteiger partial charge >= 0.3 is 0 Å². The average molecular weight is 2170 g/mol. The van der Waals surface area contributed by atoms with Crippen LogP contribution in [0.1, 0.15) is 131 Å². The van der Waals surface area contributed by atoms with Crippen LogP contribution >= 0.6 is 85.2 Å². The third-order valence-corrected chi connectivity index (χ3v) is 35.1. The van der Waals surface area contributed by atoms with Gasteiger partial charge in [0.05, 0.1) is 87.5 Å². The van der Waals surface area contributed by atoms with Crippen LogP contribution in [0.3, 0.4) is 0 Å². The molecule has 0 unspecified atom stereocenters. The number of fused-ring (bicyclic) bond motifs is 8. The smallest absolute Gasteiger partial charge is 0.263 e. The number of allylic oxidation sites excluding steroid dienone is 12. The van der Waals surface area contributed by atoms with Gasteiger partial charge in [-0.3, -0.25) is 43.4 Å². The zero-order valence-corrected chi connectivity index (χ0v) is 90.2. The molecule has 13 aromatic rings. The molecular formula is C119H115BrN9O14S6+3. The van der Waals surface area contributed by atoms with Crippen LogP contribution in [-0.4, -0.2) is 181 Å². The molecule has 4 amide bonds. The third kappa shape index (κ3) is 20.9. The van der Waals surface area contributed by atoms with E-state index in [1.165, 1.54) is 65.4 Å². The number of β-amino-alcohol motifs (C(OH)–C–C–N with tert-alkyl or cyclic N) is 1. The van der Waals surface area contributed by atoms with Crippen molar-refractivity contribution in [3.8, 4) is 0 Å². The molecule has 0 saturated carbocycles. The number of ketones is 3. The number of ether oxygens (including phenoxy) is 3. The molecule has 0 atom stereocenters. The molecule has 0 saturated heterocycles. The Morgan fingerprint density at radius 2 is 0.772 bits per heavy atom. The zero-order valence-electron chi connectivity index (χ0n) is 83.8. The second kappa shape index (κ2) is 45.7. The molecule has 10 aromatic carbocycles. The Morgan fingerprint density at radius 1 is 0.369 bits per heavy atom. The summed E-state index contributed by atoms with van der Waals surface area (Å²) in [5, 5.41) is 41.8. The van der Waals surface area contributed by atoms with E-state index >= 15 is 0 Å². The number of aliphatic hydroxyl groups is 4. The Kier molecular flexibility index (Phi) is 32.2. The number of nitrogens with zero attached hydrogens (tertiary/aromatic N) is 8. The Labute approximate surface area is 898 Å². The minimum absolute atomic E-state index is 0.0176. The van der Waals surface area contributed by atoms with E-state index in [0.29, 0.717) is 133 Å².